The van der Waals surface area contributed by atoms with Gasteiger partial charge in [-0.1, -0.05) is 12.1 Å². The van der Waals surface area contributed by atoms with Gasteiger partial charge in [0.1, 0.15) is 5.75 Å². The zero-order valence-corrected chi connectivity index (χ0v) is 18.1. The maximum atomic E-state index is 5.36. The topological polar surface area (TPSA) is 60.5 Å². The molecule has 0 amide bonds. The summed E-state index contributed by atoms with van der Waals surface area (Å²) in [7, 11) is 1.69. The predicted octanol–water partition coefficient (Wildman–Crippen LogP) is 4.00. The van der Waals surface area contributed by atoms with Crippen molar-refractivity contribution < 1.29 is 4.74 Å². The second kappa shape index (κ2) is 8.51. The summed E-state index contributed by atoms with van der Waals surface area (Å²) >= 11 is 0. The van der Waals surface area contributed by atoms with Gasteiger partial charge in [-0.3, -0.25) is 9.58 Å². The van der Waals surface area contributed by atoms with Crippen molar-refractivity contribution in [1.29, 1.82) is 0 Å². The first-order valence-electron chi connectivity index (χ1n) is 11.0. The maximum Gasteiger partial charge on any atom is 0.156 e. The number of rotatable bonds is 6. The number of piperidine rings is 1. The van der Waals surface area contributed by atoms with E-state index in [0.29, 0.717) is 5.92 Å². The molecule has 1 atom stereocenters. The van der Waals surface area contributed by atoms with E-state index in [2.05, 4.69) is 41.4 Å². The zero-order valence-electron chi connectivity index (χ0n) is 18.1. The molecule has 1 aromatic carbocycles. The summed E-state index contributed by atoms with van der Waals surface area (Å²) in [4.78, 5) is 7.35. The van der Waals surface area contributed by atoms with Crippen LogP contribution in [0.15, 0.2) is 55.0 Å². The molecule has 4 heterocycles. The SMILES string of the molecule is CCn1cc(CN2CCC[C@H](c3nc4ccc(-c5cccc(OC)c5)cn4n3)C2)cn1. The average Bonchev–Trinajstić information content (AvgIpc) is 3.45. The number of benzene rings is 1. The van der Waals surface area contributed by atoms with Gasteiger partial charge < -0.3 is 4.74 Å². The minimum atomic E-state index is 0.357. The van der Waals surface area contributed by atoms with Gasteiger partial charge in [0.2, 0.25) is 0 Å². The van der Waals surface area contributed by atoms with E-state index in [0.717, 1.165) is 67.4 Å². The highest BCUT2D eigenvalue weighted by Gasteiger charge is 2.25. The fourth-order valence-corrected chi connectivity index (χ4v) is 4.38. The minimum absolute atomic E-state index is 0.357. The summed E-state index contributed by atoms with van der Waals surface area (Å²) < 4.78 is 9.26. The summed E-state index contributed by atoms with van der Waals surface area (Å²) in [6.45, 7) is 6.05. The van der Waals surface area contributed by atoms with Gasteiger partial charge in [0.25, 0.3) is 0 Å². The normalized spacial score (nSPS) is 17.3. The third-order valence-corrected chi connectivity index (χ3v) is 6.04. The first-order chi connectivity index (χ1) is 15.2. The number of aryl methyl sites for hydroxylation is 1. The molecule has 1 saturated heterocycles. The molecule has 0 saturated carbocycles. The molecule has 0 spiro atoms. The molecule has 0 radical (unpaired) electrons. The Morgan fingerprint density at radius 3 is 2.90 bits per heavy atom. The molecule has 0 N–H and O–H groups in total. The third kappa shape index (κ3) is 4.18. The average molecular weight is 417 g/mol. The number of ether oxygens (including phenoxy) is 1. The van der Waals surface area contributed by atoms with E-state index >= 15 is 0 Å². The highest BCUT2D eigenvalue weighted by atomic mass is 16.5. The smallest absolute Gasteiger partial charge is 0.156 e. The Kier molecular flexibility index (Phi) is 5.42. The highest BCUT2D eigenvalue weighted by molar-refractivity contribution is 5.65. The van der Waals surface area contributed by atoms with Gasteiger partial charge in [-0.15, -0.1) is 0 Å². The van der Waals surface area contributed by atoms with E-state index in [-0.39, 0.29) is 0 Å². The lowest BCUT2D eigenvalue weighted by Gasteiger charge is -2.30. The first-order valence-corrected chi connectivity index (χ1v) is 11.0. The van der Waals surface area contributed by atoms with Crippen LogP contribution in [0.5, 0.6) is 5.75 Å². The van der Waals surface area contributed by atoms with E-state index in [1.165, 1.54) is 5.56 Å². The lowest BCUT2D eigenvalue weighted by atomic mass is 9.97. The van der Waals surface area contributed by atoms with Gasteiger partial charge in [0, 0.05) is 49.1 Å². The Balaban J connectivity index is 1.34. The van der Waals surface area contributed by atoms with Crippen molar-refractivity contribution in [3.8, 4) is 16.9 Å². The Labute approximate surface area is 182 Å². The molecule has 0 unspecified atom stereocenters. The molecule has 0 aliphatic carbocycles. The fourth-order valence-electron chi connectivity index (χ4n) is 4.38. The second-order valence-electron chi connectivity index (χ2n) is 8.20. The molecular formula is C24H28N6O. The molecule has 160 valence electrons. The molecule has 5 rings (SSSR count). The van der Waals surface area contributed by atoms with E-state index in [9.17, 15) is 0 Å². The van der Waals surface area contributed by atoms with Crippen LogP contribution in [0.1, 0.15) is 37.1 Å². The molecule has 0 bridgehead atoms. The number of nitrogens with zero attached hydrogens (tertiary/aromatic N) is 6. The van der Waals surface area contributed by atoms with Crippen molar-refractivity contribution in [2.75, 3.05) is 20.2 Å². The van der Waals surface area contributed by atoms with Gasteiger partial charge >= 0.3 is 0 Å². The van der Waals surface area contributed by atoms with Crippen molar-refractivity contribution in [2.45, 2.75) is 38.8 Å². The van der Waals surface area contributed by atoms with Crippen molar-refractivity contribution in [1.82, 2.24) is 29.3 Å². The van der Waals surface area contributed by atoms with Gasteiger partial charge in [-0.2, -0.15) is 10.2 Å². The first kappa shape index (κ1) is 19.8. The second-order valence-corrected chi connectivity index (χ2v) is 8.20. The Hall–Kier alpha value is -3.19. The number of aromatic nitrogens is 5. The van der Waals surface area contributed by atoms with Gasteiger partial charge in [0.05, 0.1) is 13.3 Å². The van der Waals surface area contributed by atoms with Gasteiger partial charge in [-0.05, 0) is 56.1 Å². The van der Waals surface area contributed by atoms with E-state index in [1.807, 2.05) is 39.7 Å². The van der Waals surface area contributed by atoms with Crippen LogP contribution in [0.25, 0.3) is 16.8 Å². The van der Waals surface area contributed by atoms with Crippen molar-refractivity contribution in [2.24, 2.45) is 0 Å². The van der Waals surface area contributed by atoms with Crippen LogP contribution in [-0.2, 0) is 13.1 Å². The van der Waals surface area contributed by atoms with Crippen LogP contribution in [0.3, 0.4) is 0 Å². The number of methoxy groups -OCH3 is 1. The third-order valence-electron chi connectivity index (χ3n) is 6.04. The van der Waals surface area contributed by atoms with Gasteiger partial charge in [-0.25, -0.2) is 9.50 Å². The monoisotopic (exact) mass is 416 g/mol. The quantitative estimate of drug-likeness (QED) is 0.475. The molecular weight excluding hydrogens is 388 g/mol. The van der Waals surface area contributed by atoms with Crippen LogP contribution in [0, 0.1) is 0 Å². The summed E-state index contributed by atoms with van der Waals surface area (Å²) in [5.74, 6) is 2.15. The summed E-state index contributed by atoms with van der Waals surface area (Å²) in [5.41, 5.74) is 4.37. The molecule has 1 fully saturated rings. The Morgan fingerprint density at radius 1 is 1.13 bits per heavy atom. The van der Waals surface area contributed by atoms with Crippen molar-refractivity contribution >= 4 is 5.65 Å². The molecule has 4 aromatic rings. The Bertz CT molecular complexity index is 1180. The molecule has 7 heteroatoms. The summed E-state index contributed by atoms with van der Waals surface area (Å²) in [6, 6.07) is 12.2. The summed E-state index contributed by atoms with van der Waals surface area (Å²) in [6.07, 6.45) is 8.48. The Morgan fingerprint density at radius 2 is 2.06 bits per heavy atom. The highest BCUT2D eigenvalue weighted by Crippen LogP contribution is 2.28. The number of hydrogen-bond donors (Lipinski definition) is 0. The number of fused-ring (bicyclic) bond motifs is 1. The number of pyridine rings is 1. The number of likely N-dealkylation sites (tertiary alicyclic amines) is 1. The fraction of sp³-hybridized carbons (Fsp3) is 0.375. The lowest BCUT2D eigenvalue weighted by molar-refractivity contribution is 0.196. The molecule has 1 aliphatic heterocycles. The van der Waals surface area contributed by atoms with Crippen LogP contribution >= 0.6 is 0 Å². The zero-order chi connectivity index (χ0) is 21.2. The predicted molar refractivity (Wildman–Crippen MR) is 120 cm³/mol. The summed E-state index contributed by atoms with van der Waals surface area (Å²) in [5, 5.41) is 9.26. The van der Waals surface area contributed by atoms with E-state index < -0.39 is 0 Å². The van der Waals surface area contributed by atoms with Crippen LogP contribution < -0.4 is 4.74 Å². The van der Waals surface area contributed by atoms with E-state index in [1.54, 1.807) is 7.11 Å². The largest absolute Gasteiger partial charge is 0.497 e. The number of hydrogen-bond acceptors (Lipinski definition) is 5. The molecule has 31 heavy (non-hydrogen) atoms. The maximum absolute atomic E-state index is 5.36. The van der Waals surface area contributed by atoms with Crippen molar-refractivity contribution in [3.63, 3.8) is 0 Å². The molecule has 3 aromatic heterocycles. The van der Waals surface area contributed by atoms with Gasteiger partial charge in [0.15, 0.2) is 11.5 Å². The molecule has 1 aliphatic rings. The molecule has 7 nitrogen and oxygen atoms in total. The minimum Gasteiger partial charge on any atom is -0.497 e. The van der Waals surface area contributed by atoms with Crippen LogP contribution in [0.4, 0.5) is 0 Å². The standard InChI is InChI=1S/C24H28N6O/c1-3-29-15-18(13-25-29)14-28-11-5-7-21(16-28)24-26-23-10-9-20(17-30(23)27-24)19-6-4-8-22(12-19)31-2/h4,6,8-10,12-13,15,17,21H,3,5,7,11,14,16H2,1-2H3/t21-/m0/s1. The lowest BCUT2D eigenvalue weighted by Crippen LogP contribution is -2.34. The van der Waals surface area contributed by atoms with Crippen LogP contribution in [-0.4, -0.2) is 49.5 Å². The van der Waals surface area contributed by atoms with Crippen molar-refractivity contribution in [3.05, 3.63) is 66.4 Å². The van der Waals surface area contributed by atoms with Crippen LogP contribution in [0.2, 0.25) is 0 Å². The van der Waals surface area contributed by atoms with E-state index in [4.69, 9.17) is 14.8 Å².